The lowest BCUT2D eigenvalue weighted by Crippen LogP contribution is -2.06. The molecular formula is C14H16ClN3O2. The summed E-state index contributed by atoms with van der Waals surface area (Å²) in [6, 6.07) is 6.94. The van der Waals surface area contributed by atoms with Crippen LogP contribution in [0.15, 0.2) is 24.3 Å². The van der Waals surface area contributed by atoms with E-state index in [4.69, 9.17) is 11.6 Å². The fourth-order valence-electron chi connectivity index (χ4n) is 2.08. The molecule has 0 radical (unpaired) electrons. The summed E-state index contributed by atoms with van der Waals surface area (Å²) in [5.41, 5.74) is 2.91. The van der Waals surface area contributed by atoms with Gasteiger partial charge in [-0.2, -0.15) is 5.10 Å². The molecule has 1 aromatic carbocycles. The molecule has 0 saturated carbocycles. The quantitative estimate of drug-likeness (QED) is 0.625. The summed E-state index contributed by atoms with van der Waals surface area (Å²) in [7, 11) is 0. The molecule has 106 valence electrons. The molecule has 2 rings (SSSR count). The minimum atomic E-state index is -0.465. The Morgan fingerprint density at radius 3 is 2.65 bits per heavy atom. The average molecular weight is 294 g/mol. The standard InChI is InChI=1S/C14H16ClN3O2/c1-3-11-8-12(4-2)17(16-11)9-10-5-6-13(15)14(7-10)18(19)20/h5-8H,3-4,9H2,1-2H3. The van der Waals surface area contributed by atoms with Crippen molar-refractivity contribution in [3.05, 3.63) is 56.4 Å². The summed E-state index contributed by atoms with van der Waals surface area (Å²) in [5.74, 6) is 0. The van der Waals surface area contributed by atoms with Gasteiger partial charge in [0.05, 0.1) is 17.2 Å². The van der Waals surface area contributed by atoms with Gasteiger partial charge in [-0.3, -0.25) is 14.8 Å². The molecule has 0 fully saturated rings. The van der Waals surface area contributed by atoms with E-state index in [0.717, 1.165) is 29.8 Å². The summed E-state index contributed by atoms with van der Waals surface area (Å²) in [4.78, 5) is 10.4. The maximum atomic E-state index is 10.9. The number of nitro benzene ring substituents is 1. The molecule has 0 saturated heterocycles. The normalized spacial score (nSPS) is 10.8. The molecule has 0 amide bonds. The Hall–Kier alpha value is -1.88. The number of aromatic nitrogens is 2. The molecule has 0 atom stereocenters. The lowest BCUT2D eigenvalue weighted by Gasteiger charge is -2.06. The van der Waals surface area contributed by atoms with Crippen LogP contribution in [0.1, 0.15) is 30.8 Å². The molecule has 0 aliphatic rings. The largest absolute Gasteiger partial charge is 0.288 e. The van der Waals surface area contributed by atoms with Crippen molar-refractivity contribution in [2.24, 2.45) is 0 Å². The molecule has 0 aliphatic carbocycles. The third kappa shape index (κ3) is 2.99. The van der Waals surface area contributed by atoms with Gasteiger partial charge in [0.25, 0.3) is 5.69 Å². The molecule has 0 spiro atoms. The third-order valence-corrected chi connectivity index (χ3v) is 3.50. The van der Waals surface area contributed by atoms with Gasteiger partial charge < -0.3 is 0 Å². The van der Waals surface area contributed by atoms with Crippen molar-refractivity contribution in [2.75, 3.05) is 0 Å². The summed E-state index contributed by atoms with van der Waals surface area (Å²) in [6.07, 6.45) is 1.75. The number of aryl methyl sites for hydroxylation is 2. The Kier molecular flexibility index (Phi) is 4.39. The van der Waals surface area contributed by atoms with Gasteiger partial charge in [0, 0.05) is 11.8 Å². The zero-order valence-corrected chi connectivity index (χ0v) is 12.2. The van der Waals surface area contributed by atoms with Crippen molar-refractivity contribution in [1.82, 2.24) is 9.78 Å². The van der Waals surface area contributed by atoms with Gasteiger partial charge in [0.2, 0.25) is 0 Å². The Bertz CT molecular complexity index is 637. The molecule has 6 heteroatoms. The molecule has 0 bridgehead atoms. The highest BCUT2D eigenvalue weighted by Gasteiger charge is 2.14. The minimum Gasteiger partial charge on any atom is -0.265 e. The van der Waals surface area contributed by atoms with Gasteiger partial charge in [-0.15, -0.1) is 0 Å². The topological polar surface area (TPSA) is 61.0 Å². The summed E-state index contributed by atoms with van der Waals surface area (Å²) in [6.45, 7) is 4.64. The second kappa shape index (κ2) is 6.05. The molecule has 1 aromatic heterocycles. The number of nitro groups is 1. The van der Waals surface area contributed by atoms with Crippen molar-refractivity contribution >= 4 is 17.3 Å². The second-order valence-electron chi connectivity index (χ2n) is 4.53. The summed E-state index contributed by atoms with van der Waals surface area (Å²) in [5, 5.41) is 15.6. The Balaban J connectivity index is 2.32. The highest BCUT2D eigenvalue weighted by Crippen LogP contribution is 2.25. The van der Waals surface area contributed by atoms with Gasteiger partial charge >= 0.3 is 0 Å². The smallest absolute Gasteiger partial charge is 0.265 e. The van der Waals surface area contributed by atoms with Crippen LogP contribution in [-0.2, 0) is 19.4 Å². The first-order valence-corrected chi connectivity index (χ1v) is 6.91. The van der Waals surface area contributed by atoms with E-state index in [1.54, 1.807) is 12.1 Å². The summed E-state index contributed by atoms with van der Waals surface area (Å²) >= 11 is 5.82. The number of rotatable bonds is 5. The van der Waals surface area contributed by atoms with E-state index in [2.05, 4.69) is 25.0 Å². The first-order valence-electron chi connectivity index (χ1n) is 6.53. The van der Waals surface area contributed by atoms with E-state index in [9.17, 15) is 10.1 Å². The van der Waals surface area contributed by atoms with Gasteiger partial charge in [0.15, 0.2) is 0 Å². The average Bonchev–Trinajstić information content (AvgIpc) is 2.83. The number of hydrogen-bond acceptors (Lipinski definition) is 3. The molecule has 5 nitrogen and oxygen atoms in total. The molecule has 20 heavy (non-hydrogen) atoms. The monoisotopic (exact) mass is 293 g/mol. The maximum absolute atomic E-state index is 10.9. The van der Waals surface area contributed by atoms with Gasteiger partial charge in [-0.1, -0.05) is 31.5 Å². The predicted octanol–water partition coefficient (Wildman–Crippen LogP) is 3.62. The fourth-order valence-corrected chi connectivity index (χ4v) is 2.27. The number of halogens is 1. The Labute approximate surface area is 122 Å². The van der Waals surface area contributed by atoms with E-state index < -0.39 is 4.92 Å². The number of benzene rings is 1. The van der Waals surface area contributed by atoms with Crippen LogP contribution in [0, 0.1) is 10.1 Å². The molecular weight excluding hydrogens is 278 g/mol. The van der Waals surface area contributed by atoms with E-state index in [1.165, 1.54) is 6.07 Å². The van der Waals surface area contributed by atoms with Crippen molar-refractivity contribution < 1.29 is 4.92 Å². The zero-order valence-electron chi connectivity index (χ0n) is 11.5. The van der Waals surface area contributed by atoms with Crippen molar-refractivity contribution in [3.8, 4) is 0 Å². The lowest BCUT2D eigenvalue weighted by molar-refractivity contribution is -0.384. The maximum Gasteiger partial charge on any atom is 0.288 e. The molecule has 0 unspecified atom stereocenters. The Morgan fingerprint density at radius 1 is 1.30 bits per heavy atom. The van der Waals surface area contributed by atoms with E-state index in [-0.39, 0.29) is 10.7 Å². The van der Waals surface area contributed by atoms with Crippen LogP contribution in [0.25, 0.3) is 0 Å². The molecule has 0 N–H and O–H groups in total. The first-order chi connectivity index (χ1) is 9.55. The van der Waals surface area contributed by atoms with E-state index in [1.807, 2.05) is 4.68 Å². The van der Waals surface area contributed by atoms with Crippen LogP contribution in [0.2, 0.25) is 5.02 Å². The SMILES string of the molecule is CCc1cc(CC)n(Cc2ccc(Cl)c([N+](=O)[O-])c2)n1. The van der Waals surface area contributed by atoms with Crippen LogP contribution >= 0.6 is 11.6 Å². The van der Waals surface area contributed by atoms with Crippen LogP contribution in [0.3, 0.4) is 0 Å². The van der Waals surface area contributed by atoms with Gasteiger partial charge in [-0.05, 0) is 30.5 Å². The molecule has 1 heterocycles. The van der Waals surface area contributed by atoms with Crippen LogP contribution in [0.5, 0.6) is 0 Å². The second-order valence-corrected chi connectivity index (χ2v) is 4.94. The highest BCUT2D eigenvalue weighted by atomic mass is 35.5. The van der Waals surface area contributed by atoms with Gasteiger partial charge in [-0.25, -0.2) is 0 Å². The summed E-state index contributed by atoms with van der Waals surface area (Å²) < 4.78 is 1.89. The third-order valence-electron chi connectivity index (χ3n) is 3.18. The van der Waals surface area contributed by atoms with Crippen molar-refractivity contribution in [1.29, 1.82) is 0 Å². The minimum absolute atomic E-state index is 0.0647. The number of hydrogen-bond donors (Lipinski definition) is 0. The van der Waals surface area contributed by atoms with Crippen LogP contribution < -0.4 is 0 Å². The number of nitrogens with zero attached hydrogens (tertiary/aromatic N) is 3. The van der Waals surface area contributed by atoms with Crippen molar-refractivity contribution in [2.45, 2.75) is 33.2 Å². The predicted molar refractivity (Wildman–Crippen MR) is 78.2 cm³/mol. The van der Waals surface area contributed by atoms with Gasteiger partial charge in [0.1, 0.15) is 5.02 Å². The highest BCUT2D eigenvalue weighted by molar-refractivity contribution is 6.32. The first kappa shape index (κ1) is 14.5. The van der Waals surface area contributed by atoms with E-state index in [0.29, 0.717) is 6.54 Å². The van der Waals surface area contributed by atoms with Crippen LogP contribution in [0.4, 0.5) is 5.69 Å². The van der Waals surface area contributed by atoms with Crippen LogP contribution in [-0.4, -0.2) is 14.7 Å². The Morgan fingerprint density at radius 2 is 2.05 bits per heavy atom. The lowest BCUT2D eigenvalue weighted by atomic mass is 10.2. The van der Waals surface area contributed by atoms with Crippen molar-refractivity contribution in [3.63, 3.8) is 0 Å². The zero-order chi connectivity index (χ0) is 14.7. The fraction of sp³-hybridized carbons (Fsp3) is 0.357. The molecule has 0 aliphatic heterocycles. The molecule has 2 aromatic rings. The van der Waals surface area contributed by atoms with E-state index >= 15 is 0 Å².